The van der Waals surface area contributed by atoms with Gasteiger partial charge in [-0.05, 0) is 67.2 Å². The van der Waals surface area contributed by atoms with Crippen LogP contribution >= 0.6 is 0 Å². The number of fused-ring (bicyclic) bond motifs is 4. The molecule has 0 amide bonds. The molecule has 4 heteroatoms. The summed E-state index contributed by atoms with van der Waals surface area (Å²) < 4.78 is 5.62. The lowest BCUT2D eigenvalue weighted by Crippen LogP contribution is -2.54. The minimum atomic E-state index is 0.298. The largest absolute Gasteiger partial charge is 0.494 e. The van der Waals surface area contributed by atoms with Crippen LogP contribution in [0.3, 0.4) is 0 Å². The first kappa shape index (κ1) is 18.6. The van der Waals surface area contributed by atoms with E-state index in [0.717, 1.165) is 31.8 Å². The van der Waals surface area contributed by atoms with Crippen molar-refractivity contribution in [1.29, 1.82) is 5.26 Å². The Labute approximate surface area is 164 Å². The first-order valence-corrected chi connectivity index (χ1v) is 10.5. The topological polar surface area (TPSA) is 39.5 Å². The SMILES string of the molecule is CCOc1ccc(N2CC3CN(CC4(CC#N)CC4)C[C@@H]2C(C)(C)C3)cc1. The maximum absolute atomic E-state index is 9.19. The molecule has 4 aliphatic rings. The van der Waals surface area contributed by atoms with E-state index in [4.69, 9.17) is 4.74 Å². The van der Waals surface area contributed by atoms with Gasteiger partial charge in [0.25, 0.3) is 0 Å². The molecule has 1 unspecified atom stereocenters. The molecule has 1 aliphatic carbocycles. The van der Waals surface area contributed by atoms with Crippen molar-refractivity contribution in [1.82, 2.24) is 4.90 Å². The van der Waals surface area contributed by atoms with Crippen LogP contribution in [0.4, 0.5) is 5.69 Å². The Balaban J connectivity index is 1.54. The fourth-order valence-electron chi connectivity index (χ4n) is 5.45. The molecule has 5 rings (SSSR count). The van der Waals surface area contributed by atoms with E-state index in [1.807, 2.05) is 6.92 Å². The summed E-state index contributed by atoms with van der Waals surface area (Å²) in [5.41, 5.74) is 1.93. The van der Waals surface area contributed by atoms with Gasteiger partial charge in [0.2, 0.25) is 0 Å². The van der Waals surface area contributed by atoms with Gasteiger partial charge < -0.3 is 14.5 Å². The molecule has 3 saturated heterocycles. The average Bonchev–Trinajstić information content (AvgIpc) is 3.40. The second-order valence-corrected chi connectivity index (χ2v) is 9.68. The number of nitriles is 1. The van der Waals surface area contributed by atoms with Gasteiger partial charge in [-0.3, -0.25) is 0 Å². The molecule has 1 aromatic rings. The van der Waals surface area contributed by atoms with Crippen molar-refractivity contribution in [3.8, 4) is 11.8 Å². The van der Waals surface area contributed by atoms with Crippen molar-refractivity contribution in [2.75, 3.05) is 37.7 Å². The summed E-state index contributed by atoms with van der Waals surface area (Å²) in [5.74, 6) is 1.65. The maximum Gasteiger partial charge on any atom is 0.119 e. The number of hydrogen-bond donors (Lipinski definition) is 0. The van der Waals surface area contributed by atoms with E-state index in [-0.39, 0.29) is 0 Å². The van der Waals surface area contributed by atoms with Crippen LogP contribution in [0, 0.1) is 28.1 Å². The van der Waals surface area contributed by atoms with Crippen LogP contribution in [0.1, 0.15) is 46.5 Å². The Kier molecular flexibility index (Phi) is 4.84. The molecule has 0 N–H and O–H groups in total. The van der Waals surface area contributed by atoms with E-state index >= 15 is 0 Å². The third kappa shape index (κ3) is 3.80. The lowest BCUT2D eigenvalue weighted by atomic mass is 9.73. The van der Waals surface area contributed by atoms with Gasteiger partial charge in [0.05, 0.1) is 12.7 Å². The highest BCUT2D eigenvalue weighted by Crippen LogP contribution is 2.51. The van der Waals surface area contributed by atoms with Crippen LogP contribution in [-0.4, -0.2) is 43.7 Å². The Bertz CT molecular complexity index is 701. The summed E-state index contributed by atoms with van der Waals surface area (Å²) in [7, 11) is 0. The Morgan fingerprint density at radius 3 is 2.52 bits per heavy atom. The monoisotopic (exact) mass is 367 g/mol. The highest BCUT2D eigenvalue weighted by molar-refractivity contribution is 5.51. The van der Waals surface area contributed by atoms with E-state index in [0.29, 0.717) is 29.4 Å². The zero-order valence-corrected chi connectivity index (χ0v) is 17.1. The average molecular weight is 368 g/mol. The van der Waals surface area contributed by atoms with Crippen molar-refractivity contribution in [2.45, 2.75) is 52.5 Å². The van der Waals surface area contributed by atoms with E-state index in [1.54, 1.807) is 0 Å². The van der Waals surface area contributed by atoms with E-state index in [2.05, 4.69) is 54.0 Å². The van der Waals surface area contributed by atoms with Crippen LogP contribution < -0.4 is 9.64 Å². The minimum Gasteiger partial charge on any atom is -0.494 e. The third-order valence-corrected chi connectivity index (χ3v) is 6.95. The quantitative estimate of drug-likeness (QED) is 0.751. The predicted molar refractivity (Wildman–Crippen MR) is 109 cm³/mol. The van der Waals surface area contributed by atoms with Crippen molar-refractivity contribution in [2.24, 2.45) is 16.7 Å². The fraction of sp³-hybridized carbons (Fsp3) is 0.696. The highest BCUT2D eigenvalue weighted by atomic mass is 16.5. The molecule has 27 heavy (non-hydrogen) atoms. The number of rotatable bonds is 6. The van der Waals surface area contributed by atoms with Crippen LogP contribution in [0.2, 0.25) is 0 Å². The van der Waals surface area contributed by atoms with Crippen LogP contribution in [-0.2, 0) is 0 Å². The van der Waals surface area contributed by atoms with E-state index < -0.39 is 0 Å². The first-order chi connectivity index (χ1) is 12.9. The maximum atomic E-state index is 9.19. The van der Waals surface area contributed by atoms with Crippen molar-refractivity contribution < 1.29 is 4.74 Å². The van der Waals surface area contributed by atoms with Gasteiger partial charge in [-0.25, -0.2) is 0 Å². The molecule has 4 nitrogen and oxygen atoms in total. The Morgan fingerprint density at radius 2 is 1.89 bits per heavy atom. The summed E-state index contributed by atoms with van der Waals surface area (Å²) in [5, 5.41) is 9.19. The van der Waals surface area contributed by atoms with Crippen LogP contribution in [0.25, 0.3) is 0 Å². The minimum absolute atomic E-state index is 0.298. The number of piperidine rings is 1. The zero-order chi connectivity index (χ0) is 19.1. The van der Waals surface area contributed by atoms with E-state index in [9.17, 15) is 5.26 Å². The van der Waals surface area contributed by atoms with Crippen LogP contribution in [0.5, 0.6) is 5.75 Å². The Hall–Kier alpha value is -1.73. The number of anilines is 1. The number of hydrogen-bond acceptors (Lipinski definition) is 4. The van der Waals surface area contributed by atoms with Gasteiger partial charge in [-0.2, -0.15) is 5.26 Å². The number of benzene rings is 1. The lowest BCUT2D eigenvalue weighted by molar-refractivity contribution is 0.187. The summed E-state index contributed by atoms with van der Waals surface area (Å²) in [6.45, 7) is 12.2. The first-order valence-electron chi connectivity index (χ1n) is 10.5. The van der Waals surface area contributed by atoms with Gasteiger partial charge in [-0.1, -0.05) is 13.8 Å². The van der Waals surface area contributed by atoms with Crippen molar-refractivity contribution in [3.05, 3.63) is 24.3 Å². The summed E-state index contributed by atoms with van der Waals surface area (Å²) in [6, 6.07) is 11.6. The highest BCUT2D eigenvalue weighted by Gasteiger charge is 2.49. The predicted octanol–water partition coefficient (Wildman–Crippen LogP) is 4.32. The summed E-state index contributed by atoms with van der Waals surface area (Å²) in [4.78, 5) is 5.33. The fourth-order valence-corrected chi connectivity index (χ4v) is 5.45. The van der Waals surface area contributed by atoms with Crippen molar-refractivity contribution in [3.63, 3.8) is 0 Å². The van der Waals surface area contributed by atoms with Gasteiger partial charge >= 0.3 is 0 Å². The molecule has 1 aromatic carbocycles. The lowest BCUT2D eigenvalue weighted by Gasteiger charge is -2.48. The number of ether oxygens (including phenoxy) is 1. The third-order valence-electron chi connectivity index (χ3n) is 6.95. The number of nitrogens with zero attached hydrogens (tertiary/aromatic N) is 3. The van der Waals surface area contributed by atoms with Crippen molar-refractivity contribution >= 4 is 5.69 Å². The standard InChI is InChI=1S/C23H33N3O/c1-4-27-20-7-5-19(6-8-20)26-15-18-13-22(2,3)21(26)16-25(14-18)17-23(9-10-23)11-12-24/h5-8,18,21H,4,9-11,13-17H2,1-3H3/t18?,21-/m1/s1. The Morgan fingerprint density at radius 1 is 1.15 bits per heavy atom. The van der Waals surface area contributed by atoms with Gasteiger partial charge in [0.1, 0.15) is 5.75 Å². The molecule has 3 aliphatic heterocycles. The molecule has 3 heterocycles. The second-order valence-electron chi connectivity index (χ2n) is 9.68. The van der Waals surface area contributed by atoms with Crippen LogP contribution in [0.15, 0.2) is 24.3 Å². The molecule has 1 saturated carbocycles. The molecule has 146 valence electrons. The molecule has 2 atom stereocenters. The molecule has 0 aromatic heterocycles. The van der Waals surface area contributed by atoms with E-state index in [1.165, 1.54) is 31.5 Å². The second kappa shape index (κ2) is 7.02. The van der Waals surface area contributed by atoms with Gasteiger partial charge in [-0.15, -0.1) is 0 Å². The molecular formula is C23H33N3O. The van der Waals surface area contributed by atoms with Gasteiger partial charge in [0, 0.05) is 44.3 Å². The molecule has 0 radical (unpaired) electrons. The zero-order valence-electron chi connectivity index (χ0n) is 17.1. The molecular weight excluding hydrogens is 334 g/mol. The normalized spacial score (nSPS) is 28.4. The smallest absolute Gasteiger partial charge is 0.119 e. The summed E-state index contributed by atoms with van der Waals surface area (Å²) >= 11 is 0. The summed E-state index contributed by atoms with van der Waals surface area (Å²) in [6.07, 6.45) is 4.49. The molecule has 2 bridgehead atoms. The molecule has 0 spiro atoms. The van der Waals surface area contributed by atoms with Gasteiger partial charge in [0.15, 0.2) is 0 Å². The molecule has 4 fully saturated rings.